The number of sulfonamides is 1. The predicted molar refractivity (Wildman–Crippen MR) is 71.7 cm³/mol. The SMILES string of the molecule is CS(=O)(=O)NCCCNC(=O)c1ccnc(Br)c1. The molecule has 0 radical (unpaired) electrons. The van der Waals surface area contributed by atoms with Crippen molar-refractivity contribution in [1.29, 1.82) is 0 Å². The average molecular weight is 336 g/mol. The molecule has 100 valence electrons. The molecule has 1 aromatic rings. The standard InChI is InChI=1S/C10H14BrN3O3S/c1-18(16,17)14-5-2-4-13-10(15)8-3-6-12-9(11)7-8/h3,6-7,14H,2,4-5H2,1H3,(H,13,15). The van der Waals surface area contributed by atoms with Crippen molar-refractivity contribution in [3.05, 3.63) is 28.5 Å². The third-order valence-electron chi connectivity index (χ3n) is 1.99. The van der Waals surface area contributed by atoms with Gasteiger partial charge in [-0.15, -0.1) is 0 Å². The van der Waals surface area contributed by atoms with E-state index in [0.717, 1.165) is 6.26 Å². The van der Waals surface area contributed by atoms with Crippen LogP contribution in [0.2, 0.25) is 0 Å². The van der Waals surface area contributed by atoms with E-state index in [1.165, 1.54) is 6.20 Å². The Labute approximate surface area is 114 Å². The highest BCUT2D eigenvalue weighted by atomic mass is 79.9. The molecule has 0 aliphatic rings. The highest BCUT2D eigenvalue weighted by Crippen LogP contribution is 2.07. The van der Waals surface area contributed by atoms with Crippen LogP contribution in [0.5, 0.6) is 0 Å². The van der Waals surface area contributed by atoms with E-state index in [1.807, 2.05) is 0 Å². The normalized spacial score (nSPS) is 11.2. The second kappa shape index (κ2) is 6.81. The van der Waals surface area contributed by atoms with E-state index in [9.17, 15) is 13.2 Å². The number of hydrogen-bond acceptors (Lipinski definition) is 4. The maximum atomic E-state index is 11.7. The van der Waals surface area contributed by atoms with E-state index < -0.39 is 10.0 Å². The first-order chi connectivity index (χ1) is 8.38. The fourth-order valence-corrected chi connectivity index (χ4v) is 2.07. The van der Waals surface area contributed by atoms with Crippen molar-refractivity contribution in [2.75, 3.05) is 19.3 Å². The van der Waals surface area contributed by atoms with Gasteiger partial charge < -0.3 is 5.32 Å². The van der Waals surface area contributed by atoms with Gasteiger partial charge in [0.05, 0.1) is 6.26 Å². The van der Waals surface area contributed by atoms with Crippen LogP contribution in [0.25, 0.3) is 0 Å². The summed E-state index contributed by atoms with van der Waals surface area (Å²) in [5, 5.41) is 2.69. The van der Waals surface area contributed by atoms with Crippen LogP contribution in [0.3, 0.4) is 0 Å². The van der Waals surface area contributed by atoms with Gasteiger partial charge in [0.15, 0.2) is 0 Å². The molecule has 0 unspecified atom stereocenters. The van der Waals surface area contributed by atoms with Crippen LogP contribution in [0.1, 0.15) is 16.8 Å². The number of nitrogens with one attached hydrogen (secondary N) is 2. The van der Waals surface area contributed by atoms with Crippen LogP contribution < -0.4 is 10.0 Å². The van der Waals surface area contributed by atoms with Gasteiger partial charge in [-0.05, 0) is 34.5 Å². The molecule has 0 aliphatic carbocycles. The van der Waals surface area contributed by atoms with Gasteiger partial charge >= 0.3 is 0 Å². The number of amides is 1. The predicted octanol–water partition coefficient (Wildman–Crippen LogP) is 0.513. The molecule has 1 heterocycles. The lowest BCUT2D eigenvalue weighted by Gasteiger charge is -2.05. The molecule has 1 amide bonds. The van der Waals surface area contributed by atoms with Gasteiger partial charge in [0.2, 0.25) is 10.0 Å². The summed E-state index contributed by atoms with van der Waals surface area (Å²) in [6, 6.07) is 3.22. The summed E-state index contributed by atoms with van der Waals surface area (Å²) in [6.07, 6.45) is 3.16. The second-order valence-corrected chi connectivity index (χ2v) is 6.29. The maximum absolute atomic E-state index is 11.7. The Morgan fingerprint density at radius 3 is 2.78 bits per heavy atom. The Hall–Kier alpha value is -0.990. The molecule has 2 N–H and O–H groups in total. The third kappa shape index (κ3) is 6.08. The van der Waals surface area contributed by atoms with Crippen LogP contribution in [0, 0.1) is 0 Å². The maximum Gasteiger partial charge on any atom is 0.251 e. The van der Waals surface area contributed by atoms with E-state index >= 15 is 0 Å². The summed E-state index contributed by atoms with van der Waals surface area (Å²) in [6.45, 7) is 0.709. The summed E-state index contributed by atoms with van der Waals surface area (Å²) in [4.78, 5) is 15.6. The fourth-order valence-electron chi connectivity index (χ4n) is 1.19. The molecule has 0 saturated carbocycles. The first-order valence-corrected chi connectivity index (χ1v) is 7.91. The molecule has 1 aromatic heterocycles. The minimum Gasteiger partial charge on any atom is -0.352 e. The summed E-state index contributed by atoms with van der Waals surface area (Å²) in [5.41, 5.74) is 0.507. The molecule has 0 bridgehead atoms. The van der Waals surface area contributed by atoms with E-state index in [4.69, 9.17) is 0 Å². The van der Waals surface area contributed by atoms with Crippen molar-refractivity contribution in [1.82, 2.24) is 15.0 Å². The van der Waals surface area contributed by atoms with E-state index in [1.54, 1.807) is 12.1 Å². The molecular weight excluding hydrogens is 322 g/mol. The number of aromatic nitrogens is 1. The van der Waals surface area contributed by atoms with Gasteiger partial charge in [-0.25, -0.2) is 18.1 Å². The van der Waals surface area contributed by atoms with Crippen LogP contribution in [-0.4, -0.2) is 38.7 Å². The minimum atomic E-state index is -3.16. The number of rotatable bonds is 6. The molecular formula is C10H14BrN3O3S. The van der Waals surface area contributed by atoms with Crippen LogP contribution in [-0.2, 0) is 10.0 Å². The van der Waals surface area contributed by atoms with Crippen molar-refractivity contribution in [3.63, 3.8) is 0 Å². The van der Waals surface area contributed by atoms with Crippen molar-refractivity contribution in [2.45, 2.75) is 6.42 Å². The highest BCUT2D eigenvalue weighted by molar-refractivity contribution is 9.10. The van der Waals surface area contributed by atoms with E-state index in [2.05, 4.69) is 31.0 Å². The van der Waals surface area contributed by atoms with Gasteiger partial charge in [0.25, 0.3) is 5.91 Å². The lowest BCUT2D eigenvalue weighted by Crippen LogP contribution is -2.29. The Kier molecular flexibility index (Phi) is 5.70. The quantitative estimate of drug-likeness (QED) is 0.585. The Balaban J connectivity index is 2.30. The molecule has 6 nitrogen and oxygen atoms in total. The third-order valence-corrected chi connectivity index (χ3v) is 3.15. The van der Waals surface area contributed by atoms with Crippen molar-refractivity contribution in [2.24, 2.45) is 0 Å². The molecule has 8 heteroatoms. The summed E-state index contributed by atoms with van der Waals surface area (Å²) in [5.74, 6) is -0.211. The Morgan fingerprint density at radius 1 is 1.44 bits per heavy atom. The fraction of sp³-hybridized carbons (Fsp3) is 0.400. The number of hydrogen-bond donors (Lipinski definition) is 2. The molecule has 0 aliphatic heterocycles. The molecule has 0 atom stereocenters. The van der Waals surface area contributed by atoms with Crippen molar-refractivity contribution >= 4 is 31.9 Å². The molecule has 0 spiro atoms. The largest absolute Gasteiger partial charge is 0.352 e. The van der Waals surface area contributed by atoms with Crippen molar-refractivity contribution < 1.29 is 13.2 Å². The molecule has 1 rings (SSSR count). The minimum absolute atomic E-state index is 0.211. The highest BCUT2D eigenvalue weighted by Gasteiger charge is 2.05. The van der Waals surface area contributed by atoms with Gasteiger partial charge in [0.1, 0.15) is 4.60 Å². The number of carbonyl (C=O) groups is 1. The van der Waals surface area contributed by atoms with Crippen molar-refractivity contribution in [3.8, 4) is 0 Å². The average Bonchev–Trinajstić information content (AvgIpc) is 2.26. The molecule has 0 saturated heterocycles. The second-order valence-electron chi connectivity index (χ2n) is 3.64. The van der Waals surface area contributed by atoms with Crippen LogP contribution in [0.15, 0.2) is 22.9 Å². The monoisotopic (exact) mass is 335 g/mol. The zero-order chi connectivity index (χ0) is 13.6. The summed E-state index contributed by atoms with van der Waals surface area (Å²) >= 11 is 3.18. The number of pyridine rings is 1. The first kappa shape index (κ1) is 15.1. The van der Waals surface area contributed by atoms with Gasteiger partial charge in [-0.2, -0.15) is 0 Å². The zero-order valence-electron chi connectivity index (χ0n) is 9.81. The Morgan fingerprint density at radius 2 is 2.17 bits per heavy atom. The lowest BCUT2D eigenvalue weighted by atomic mass is 10.2. The zero-order valence-corrected chi connectivity index (χ0v) is 12.2. The van der Waals surface area contributed by atoms with Gasteiger partial charge in [-0.3, -0.25) is 4.79 Å². The number of halogens is 1. The molecule has 0 aromatic carbocycles. The molecule has 0 fully saturated rings. The van der Waals surface area contributed by atoms with Gasteiger partial charge in [0, 0.05) is 24.8 Å². The first-order valence-electron chi connectivity index (χ1n) is 5.23. The van der Waals surface area contributed by atoms with Crippen LogP contribution >= 0.6 is 15.9 Å². The topological polar surface area (TPSA) is 88.2 Å². The number of carbonyl (C=O) groups excluding carboxylic acids is 1. The number of nitrogens with zero attached hydrogens (tertiary/aromatic N) is 1. The smallest absolute Gasteiger partial charge is 0.251 e. The summed E-state index contributed by atoms with van der Waals surface area (Å²) in [7, 11) is -3.16. The Bertz CT molecular complexity index is 519. The summed E-state index contributed by atoms with van der Waals surface area (Å²) < 4.78 is 24.5. The molecule has 18 heavy (non-hydrogen) atoms. The van der Waals surface area contributed by atoms with Gasteiger partial charge in [-0.1, -0.05) is 0 Å². The van der Waals surface area contributed by atoms with E-state index in [0.29, 0.717) is 29.7 Å². The van der Waals surface area contributed by atoms with Crippen LogP contribution in [0.4, 0.5) is 0 Å². The lowest BCUT2D eigenvalue weighted by molar-refractivity contribution is 0.0953. The van der Waals surface area contributed by atoms with E-state index in [-0.39, 0.29) is 5.91 Å².